The molecular weight excluding hydrogens is 302 g/mol. The topological polar surface area (TPSA) is 44.8 Å². The summed E-state index contributed by atoms with van der Waals surface area (Å²) in [5.74, 6) is 1.19. The van der Waals surface area contributed by atoms with Crippen LogP contribution in [0.4, 0.5) is 0 Å². The third-order valence-corrected chi connectivity index (χ3v) is 5.24. The van der Waals surface area contributed by atoms with Gasteiger partial charge in [0.2, 0.25) is 5.91 Å². The molecule has 1 amide bonds. The van der Waals surface area contributed by atoms with Crippen LogP contribution in [0.25, 0.3) is 0 Å². The SMILES string of the molecule is CCc1cc(OC)ccc1CN1CCCC(N2CCNCC2=O)C1. The molecule has 0 radical (unpaired) electrons. The van der Waals surface area contributed by atoms with E-state index in [0.717, 1.165) is 51.3 Å². The summed E-state index contributed by atoms with van der Waals surface area (Å²) in [6.45, 7) is 7.52. The monoisotopic (exact) mass is 331 g/mol. The normalized spacial score (nSPS) is 22.7. The average Bonchev–Trinajstić information content (AvgIpc) is 2.62. The number of piperazine rings is 1. The molecule has 2 fully saturated rings. The van der Waals surface area contributed by atoms with Crippen LogP contribution in [0.2, 0.25) is 0 Å². The molecule has 24 heavy (non-hydrogen) atoms. The van der Waals surface area contributed by atoms with Gasteiger partial charge in [0.1, 0.15) is 5.75 Å². The molecule has 0 aliphatic carbocycles. The third-order valence-electron chi connectivity index (χ3n) is 5.24. The number of piperidine rings is 1. The molecule has 1 aromatic carbocycles. The molecule has 3 rings (SSSR count). The minimum absolute atomic E-state index is 0.256. The minimum atomic E-state index is 0.256. The second-order valence-corrected chi connectivity index (χ2v) is 6.78. The van der Waals surface area contributed by atoms with E-state index in [1.165, 1.54) is 17.5 Å². The van der Waals surface area contributed by atoms with Gasteiger partial charge in [-0.05, 0) is 49.1 Å². The van der Waals surface area contributed by atoms with E-state index >= 15 is 0 Å². The van der Waals surface area contributed by atoms with E-state index < -0.39 is 0 Å². The van der Waals surface area contributed by atoms with Crippen LogP contribution in [0.1, 0.15) is 30.9 Å². The van der Waals surface area contributed by atoms with Crippen LogP contribution in [-0.4, -0.2) is 61.6 Å². The van der Waals surface area contributed by atoms with Crippen molar-refractivity contribution in [3.8, 4) is 5.75 Å². The summed E-state index contributed by atoms with van der Waals surface area (Å²) >= 11 is 0. The van der Waals surface area contributed by atoms with E-state index in [4.69, 9.17) is 4.74 Å². The summed E-state index contributed by atoms with van der Waals surface area (Å²) in [4.78, 5) is 16.8. The van der Waals surface area contributed by atoms with E-state index in [1.807, 2.05) is 0 Å². The first-order valence-corrected chi connectivity index (χ1v) is 9.09. The Morgan fingerprint density at radius 3 is 2.92 bits per heavy atom. The number of nitrogens with one attached hydrogen (secondary N) is 1. The standard InChI is InChI=1S/C19H29N3O2/c1-3-15-11-18(24-2)7-6-16(15)13-21-9-4-5-17(14-21)22-10-8-20-12-19(22)23/h6-7,11,17,20H,3-5,8-10,12-14H2,1-2H3. The maximum absolute atomic E-state index is 12.2. The first kappa shape index (κ1) is 17.2. The van der Waals surface area contributed by atoms with Gasteiger partial charge in [0.25, 0.3) is 0 Å². The molecule has 1 N–H and O–H groups in total. The molecule has 1 unspecified atom stereocenters. The van der Waals surface area contributed by atoms with E-state index in [9.17, 15) is 4.79 Å². The fourth-order valence-corrected chi connectivity index (χ4v) is 3.89. The molecule has 0 spiro atoms. The van der Waals surface area contributed by atoms with Gasteiger partial charge in [0.05, 0.1) is 13.7 Å². The number of carbonyl (C=O) groups is 1. The number of benzene rings is 1. The molecule has 5 nitrogen and oxygen atoms in total. The Kier molecular flexibility index (Phi) is 5.74. The van der Waals surface area contributed by atoms with Crippen molar-refractivity contribution in [2.45, 2.75) is 38.8 Å². The molecule has 2 saturated heterocycles. The Morgan fingerprint density at radius 2 is 2.17 bits per heavy atom. The van der Waals surface area contributed by atoms with Crippen molar-refractivity contribution < 1.29 is 9.53 Å². The van der Waals surface area contributed by atoms with Crippen molar-refractivity contribution in [1.29, 1.82) is 0 Å². The highest BCUT2D eigenvalue weighted by molar-refractivity contribution is 5.79. The quantitative estimate of drug-likeness (QED) is 0.891. The van der Waals surface area contributed by atoms with Crippen LogP contribution in [0.5, 0.6) is 5.75 Å². The molecule has 2 heterocycles. The zero-order valence-corrected chi connectivity index (χ0v) is 14.9. The number of nitrogens with zero attached hydrogens (tertiary/aromatic N) is 2. The van der Waals surface area contributed by atoms with Crippen molar-refractivity contribution >= 4 is 5.91 Å². The van der Waals surface area contributed by atoms with Gasteiger partial charge in [-0.25, -0.2) is 0 Å². The fraction of sp³-hybridized carbons (Fsp3) is 0.632. The third kappa shape index (κ3) is 3.90. The van der Waals surface area contributed by atoms with E-state index in [2.05, 4.69) is 40.2 Å². The predicted molar refractivity (Wildman–Crippen MR) is 95.3 cm³/mol. The van der Waals surface area contributed by atoms with Crippen LogP contribution in [0, 0.1) is 0 Å². The van der Waals surface area contributed by atoms with Crippen LogP contribution in [-0.2, 0) is 17.8 Å². The Labute approximate surface area is 145 Å². The van der Waals surface area contributed by atoms with Gasteiger partial charge in [-0.2, -0.15) is 0 Å². The Bertz CT molecular complexity index is 576. The smallest absolute Gasteiger partial charge is 0.236 e. The molecule has 0 aromatic heterocycles. The summed E-state index contributed by atoms with van der Waals surface area (Å²) in [7, 11) is 1.72. The molecule has 5 heteroatoms. The number of likely N-dealkylation sites (tertiary alicyclic amines) is 1. The second kappa shape index (κ2) is 7.99. The number of aryl methyl sites for hydroxylation is 1. The van der Waals surface area contributed by atoms with Gasteiger partial charge in [0.15, 0.2) is 0 Å². The summed E-state index contributed by atoms with van der Waals surface area (Å²) in [5, 5.41) is 3.16. The van der Waals surface area contributed by atoms with Gasteiger partial charge in [-0.3, -0.25) is 9.69 Å². The molecule has 1 atom stereocenters. The number of rotatable bonds is 5. The minimum Gasteiger partial charge on any atom is -0.497 e. The fourth-order valence-electron chi connectivity index (χ4n) is 3.89. The lowest BCUT2D eigenvalue weighted by Gasteiger charge is -2.41. The number of ether oxygens (including phenoxy) is 1. The largest absolute Gasteiger partial charge is 0.497 e. The van der Waals surface area contributed by atoms with Crippen molar-refractivity contribution in [2.75, 3.05) is 39.8 Å². The summed E-state index contributed by atoms with van der Waals surface area (Å²) < 4.78 is 5.35. The Hall–Kier alpha value is -1.59. The first-order valence-electron chi connectivity index (χ1n) is 9.09. The number of hydrogen-bond donors (Lipinski definition) is 1. The predicted octanol–water partition coefficient (Wildman–Crippen LogP) is 1.65. The van der Waals surface area contributed by atoms with Crippen LogP contribution < -0.4 is 10.1 Å². The zero-order valence-electron chi connectivity index (χ0n) is 14.9. The maximum Gasteiger partial charge on any atom is 0.236 e. The highest BCUT2D eigenvalue weighted by atomic mass is 16.5. The van der Waals surface area contributed by atoms with Gasteiger partial charge < -0.3 is 15.0 Å². The van der Waals surface area contributed by atoms with E-state index in [1.54, 1.807) is 7.11 Å². The van der Waals surface area contributed by atoms with Gasteiger partial charge >= 0.3 is 0 Å². The number of methoxy groups -OCH3 is 1. The van der Waals surface area contributed by atoms with Gasteiger partial charge in [0, 0.05) is 32.2 Å². The number of hydrogen-bond acceptors (Lipinski definition) is 4. The van der Waals surface area contributed by atoms with Crippen molar-refractivity contribution in [2.24, 2.45) is 0 Å². The van der Waals surface area contributed by atoms with E-state index in [-0.39, 0.29) is 5.91 Å². The first-order chi connectivity index (χ1) is 11.7. The molecule has 2 aliphatic heterocycles. The lowest BCUT2D eigenvalue weighted by molar-refractivity contribution is -0.135. The highest BCUT2D eigenvalue weighted by Crippen LogP contribution is 2.23. The summed E-state index contributed by atoms with van der Waals surface area (Å²) in [6, 6.07) is 6.76. The van der Waals surface area contributed by atoms with Crippen molar-refractivity contribution in [3.05, 3.63) is 29.3 Å². The van der Waals surface area contributed by atoms with Crippen molar-refractivity contribution in [1.82, 2.24) is 15.1 Å². The van der Waals surface area contributed by atoms with E-state index in [0.29, 0.717) is 12.6 Å². The molecule has 0 saturated carbocycles. The lowest BCUT2D eigenvalue weighted by Crippen LogP contribution is -2.56. The highest BCUT2D eigenvalue weighted by Gasteiger charge is 2.30. The maximum atomic E-state index is 12.2. The molecule has 1 aromatic rings. The number of amides is 1. The van der Waals surface area contributed by atoms with Crippen LogP contribution >= 0.6 is 0 Å². The number of carbonyl (C=O) groups excluding carboxylic acids is 1. The lowest BCUT2D eigenvalue weighted by atomic mass is 10.00. The van der Waals surface area contributed by atoms with Crippen LogP contribution in [0.15, 0.2) is 18.2 Å². The van der Waals surface area contributed by atoms with Gasteiger partial charge in [-0.15, -0.1) is 0 Å². The Balaban J connectivity index is 1.66. The average molecular weight is 331 g/mol. The van der Waals surface area contributed by atoms with Gasteiger partial charge in [-0.1, -0.05) is 13.0 Å². The Morgan fingerprint density at radius 1 is 1.29 bits per heavy atom. The molecular formula is C19H29N3O2. The van der Waals surface area contributed by atoms with Crippen LogP contribution in [0.3, 0.4) is 0 Å². The van der Waals surface area contributed by atoms with Crippen molar-refractivity contribution in [3.63, 3.8) is 0 Å². The summed E-state index contributed by atoms with van der Waals surface area (Å²) in [6.07, 6.45) is 3.31. The molecule has 132 valence electrons. The zero-order chi connectivity index (χ0) is 16.9. The second-order valence-electron chi connectivity index (χ2n) is 6.78. The summed E-state index contributed by atoms with van der Waals surface area (Å²) in [5.41, 5.74) is 2.74. The molecule has 2 aliphatic rings. The molecule has 0 bridgehead atoms.